The van der Waals surface area contributed by atoms with Crippen LogP contribution in [0, 0.1) is 34.5 Å². The van der Waals surface area contributed by atoms with Gasteiger partial charge in [-0.2, -0.15) is 0 Å². The van der Waals surface area contributed by atoms with Gasteiger partial charge in [-0.05, 0) is 48.9 Å². The van der Waals surface area contributed by atoms with Crippen LogP contribution >= 0.6 is 0 Å². The number of rotatable bonds is 9. The van der Waals surface area contributed by atoms with Crippen molar-refractivity contribution >= 4 is 23.6 Å². The molecule has 34 heavy (non-hydrogen) atoms. The molecule has 1 amide bonds. The number of ketones is 1. The van der Waals surface area contributed by atoms with Gasteiger partial charge in [0.15, 0.2) is 5.78 Å². The number of likely N-dealkylation sites (tertiary alicyclic amines) is 1. The zero-order valence-electron chi connectivity index (χ0n) is 20.8. The maximum absolute atomic E-state index is 13.7. The van der Waals surface area contributed by atoms with Gasteiger partial charge in [-0.15, -0.1) is 0 Å². The smallest absolute Gasteiger partial charge is 0.310 e. The number of aliphatic hydroxyl groups is 1. The van der Waals surface area contributed by atoms with E-state index in [9.17, 15) is 29.4 Å². The molecule has 4 fully saturated rings. The van der Waals surface area contributed by atoms with Crippen molar-refractivity contribution in [1.29, 1.82) is 0 Å². The van der Waals surface area contributed by atoms with Gasteiger partial charge in [-0.25, -0.2) is 0 Å². The average molecular weight is 478 g/mol. The Morgan fingerprint density at radius 1 is 1.09 bits per heavy atom. The quantitative estimate of drug-likeness (QED) is 0.490. The largest absolute Gasteiger partial charge is 0.481 e. The van der Waals surface area contributed by atoms with E-state index >= 15 is 0 Å². The van der Waals surface area contributed by atoms with Crippen LogP contribution in [0.2, 0.25) is 0 Å². The first-order chi connectivity index (χ1) is 15.9. The van der Waals surface area contributed by atoms with E-state index in [1.807, 2.05) is 27.7 Å². The summed E-state index contributed by atoms with van der Waals surface area (Å²) >= 11 is 0. The lowest BCUT2D eigenvalue weighted by Gasteiger charge is -2.35. The van der Waals surface area contributed by atoms with Crippen molar-refractivity contribution in [2.75, 3.05) is 6.54 Å². The Hall–Kier alpha value is -1.96. The van der Waals surface area contributed by atoms with E-state index in [4.69, 9.17) is 4.74 Å². The van der Waals surface area contributed by atoms with E-state index in [0.29, 0.717) is 24.7 Å². The monoisotopic (exact) mass is 477 g/mol. The van der Waals surface area contributed by atoms with Crippen LogP contribution in [-0.4, -0.2) is 63.5 Å². The molecule has 2 unspecified atom stereocenters. The summed E-state index contributed by atoms with van der Waals surface area (Å²) in [6, 6.07) is -0.861. The molecule has 0 aromatic carbocycles. The Morgan fingerprint density at radius 3 is 2.26 bits per heavy atom. The normalized spacial score (nSPS) is 37.1. The summed E-state index contributed by atoms with van der Waals surface area (Å²) in [5, 5.41) is 20.0. The van der Waals surface area contributed by atoms with Crippen LogP contribution in [-0.2, 0) is 23.9 Å². The number of esters is 1. The van der Waals surface area contributed by atoms with Gasteiger partial charge in [0, 0.05) is 19.4 Å². The summed E-state index contributed by atoms with van der Waals surface area (Å²) in [5.74, 6) is -1.39. The fraction of sp³-hybridized carbons (Fsp3) is 0.846. The highest BCUT2D eigenvalue weighted by molar-refractivity contribution is 5.95. The number of fused-ring (bicyclic) bond motifs is 1. The predicted molar refractivity (Wildman–Crippen MR) is 122 cm³/mol. The molecule has 0 bridgehead atoms. The van der Waals surface area contributed by atoms with Crippen molar-refractivity contribution in [3.63, 3.8) is 0 Å². The summed E-state index contributed by atoms with van der Waals surface area (Å²) in [6.07, 6.45) is 3.18. The number of carboxylic acid groups (broad SMARTS) is 1. The highest BCUT2D eigenvalue weighted by Crippen LogP contribution is 2.57. The summed E-state index contributed by atoms with van der Waals surface area (Å²) in [5.41, 5.74) is -1.61. The Kier molecular flexibility index (Phi) is 6.60. The Bertz CT molecular complexity index is 854. The Labute approximate surface area is 201 Å². The van der Waals surface area contributed by atoms with Crippen LogP contribution in [0.15, 0.2) is 0 Å². The summed E-state index contributed by atoms with van der Waals surface area (Å²) in [6.45, 7) is 7.57. The molecule has 2 N–H and O–H groups in total. The standard InChI is InChI=1S/C26H39NO7/c1-5-16-11-26(16,24(32)33)12-21(29)20-9-17(28)13-27(20)23(31)19(25(2,3)4)10-22(30)34-18-7-14-6-15(14)8-18/h14-20,28H,5-13H2,1-4H3,(H,32,33)/t14-,15+,16-,17-,18?,19?,20+,26-/m1/s1. The van der Waals surface area contributed by atoms with Gasteiger partial charge in [0.05, 0.1) is 29.9 Å². The number of carbonyl (C=O) groups is 4. The third kappa shape index (κ3) is 4.88. The van der Waals surface area contributed by atoms with Crippen LogP contribution < -0.4 is 0 Å². The van der Waals surface area contributed by atoms with E-state index in [0.717, 1.165) is 12.8 Å². The van der Waals surface area contributed by atoms with Crippen LogP contribution in [0.4, 0.5) is 0 Å². The van der Waals surface area contributed by atoms with Gasteiger partial charge in [0.2, 0.25) is 5.91 Å². The van der Waals surface area contributed by atoms with Gasteiger partial charge < -0.3 is 19.8 Å². The van der Waals surface area contributed by atoms with Crippen LogP contribution in [0.1, 0.15) is 79.1 Å². The van der Waals surface area contributed by atoms with E-state index < -0.39 is 40.8 Å². The lowest BCUT2D eigenvalue weighted by atomic mass is 9.77. The molecule has 3 saturated carbocycles. The van der Waals surface area contributed by atoms with E-state index in [1.54, 1.807) is 0 Å². The second kappa shape index (κ2) is 8.92. The zero-order chi connectivity index (χ0) is 25.0. The number of aliphatic carboxylic acids is 1. The second-order valence-electron chi connectivity index (χ2n) is 12.3. The second-order valence-corrected chi connectivity index (χ2v) is 12.3. The molecule has 0 aromatic rings. The van der Waals surface area contributed by atoms with Gasteiger partial charge in [-0.1, -0.05) is 34.1 Å². The number of carbonyl (C=O) groups excluding carboxylic acids is 3. The SMILES string of the molecule is CC[C@@H]1C[C@]1(CC(=O)[C@@H]1C[C@@H](O)CN1C(=O)C(CC(=O)OC1C[C@@H]2C[C@@H]2C1)C(C)(C)C)C(=O)O. The molecule has 8 atom stereocenters. The van der Waals surface area contributed by atoms with Crippen molar-refractivity contribution in [2.45, 2.75) is 97.3 Å². The molecule has 3 aliphatic carbocycles. The highest BCUT2D eigenvalue weighted by atomic mass is 16.5. The lowest BCUT2D eigenvalue weighted by molar-refractivity contribution is -0.157. The zero-order valence-corrected chi connectivity index (χ0v) is 20.8. The molecule has 190 valence electrons. The first kappa shape index (κ1) is 25.1. The summed E-state index contributed by atoms with van der Waals surface area (Å²) < 4.78 is 5.68. The van der Waals surface area contributed by atoms with E-state index in [-0.39, 0.29) is 49.5 Å². The minimum atomic E-state index is -1.05. The molecular formula is C26H39NO7. The molecule has 1 heterocycles. The number of Topliss-reactive ketones (excluding diaryl/α,β-unsaturated/α-hetero) is 1. The van der Waals surface area contributed by atoms with Crippen molar-refractivity contribution < 1.29 is 34.1 Å². The Balaban J connectivity index is 1.44. The minimum Gasteiger partial charge on any atom is -0.481 e. The summed E-state index contributed by atoms with van der Waals surface area (Å²) in [4.78, 5) is 52.9. The summed E-state index contributed by atoms with van der Waals surface area (Å²) in [7, 11) is 0. The molecule has 1 saturated heterocycles. The fourth-order valence-corrected chi connectivity index (χ4v) is 6.38. The third-order valence-corrected chi connectivity index (χ3v) is 8.79. The molecule has 4 rings (SSSR count). The van der Waals surface area contributed by atoms with Crippen molar-refractivity contribution in [3.8, 4) is 0 Å². The number of carboxylic acids is 1. The van der Waals surface area contributed by atoms with E-state index in [1.165, 1.54) is 11.3 Å². The number of amides is 1. The fourth-order valence-electron chi connectivity index (χ4n) is 6.38. The molecule has 0 aromatic heterocycles. The van der Waals surface area contributed by atoms with Crippen molar-refractivity contribution in [2.24, 2.45) is 34.5 Å². The van der Waals surface area contributed by atoms with Gasteiger partial charge in [0.25, 0.3) is 0 Å². The van der Waals surface area contributed by atoms with Crippen LogP contribution in [0.3, 0.4) is 0 Å². The predicted octanol–water partition coefficient (Wildman–Crippen LogP) is 2.80. The average Bonchev–Trinajstić information content (AvgIpc) is 3.56. The van der Waals surface area contributed by atoms with Crippen molar-refractivity contribution in [1.82, 2.24) is 4.90 Å². The van der Waals surface area contributed by atoms with Crippen molar-refractivity contribution in [3.05, 3.63) is 0 Å². The maximum atomic E-state index is 13.7. The molecule has 0 spiro atoms. The van der Waals surface area contributed by atoms with Crippen LogP contribution in [0.25, 0.3) is 0 Å². The number of ether oxygens (including phenoxy) is 1. The first-order valence-corrected chi connectivity index (χ1v) is 12.8. The Morgan fingerprint density at radius 2 is 1.74 bits per heavy atom. The number of nitrogens with zero attached hydrogens (tertiary/aromatic N) is 1. The molecular weight excluding hydrogens is 438 g/mol. The molecule has 8 nitrogen and oxygen atoms in total. The number of hydrogen-bond acceptors (Lipinski definition) is 6. The topological polar surface area (TPSA) is 121 Å². The lowest BCUT2D eigenvalue weighted by Crippen LogP contribution is -2.48. The molecule has 1 aliphatic heterocycles. The van der Waals surface area contributed by atoms with E-state index in [2.05, 4.69) is 0 Å². The minimum absolute atomic E-state index is 0.0140. The number of β-amino-alcohol motifs (C(OH)–C–C–N with tert-alkyl or cyclic N) is 1. The molecule has 8 heteroatoms. The highest BCUT2D eigenvalue weighted by Gasteiger charge is 2.61. The maximum Gasteiger partial charge on any atom is 0.310 e. The van der Waals surface area contributed by atoms with Gasteiger partial charge in [-0.3, -0.25) is 19.2 Å². The third-order valence-electron chi connectivity index (χ3n) is 8.79. The number of hydrogen-bond donors (Lipinski definition) is 2. The first-order valence-electron chi connectivity index (χ1n) is 12.8. The molecule has 0 radical (unpaired) electrons. The molecule has 4 aliphatic rings. The van der Waals surface area contributed by atoms with Gasteiger partial charge in [0.1, 0.15) is 6.10 Å². The number of aliphatic hydroxyl groups excluding tert-OH is 1. The van der Waals surface area contributed by atoms with Crippen LogP contribution in [0.5, 0.6) is 0 Å². The van der Waals surface area contributed by atoms with Gasteiger partial charge >= 0.3 is 11.9 Å².